The molecule has 7 aromatic rings. The summed E-state index contributed by atoms with van der Waals surface area (Å²) >= 11 is 0.845. The van der Waals surface area contributed by atoms with Crippen molar-refractivity contribution < 1.29 is 87.2 Å². The number of unbranched alkanes of at least 4 members (excludes halogenated alkanes) is 1. The number of H-pyrrole nitrogens is 1. The number of aliphatic hydroxyl groups is 1. The van der Waals surface area contributed by atoms with E-state index in [1.807, 2.05) is 6.92 Å². The number of nitrogens with zero attached hydrogens (tertiary/aromatic N) is 5. The second-order valence-electron chi connectivity index (χ2n) is 32.9. The highest BCUT2D eigenvalue weighted by molar-refractivity contribution is 8.00. The molecule has 0 radical (unpaired) electrons. The topological polar surface area (TPSA) is 483 Å². The number of rotatable bonds is 21. The average molecular weight is 1780 g/mol. The number of phenolic OH excluding ortho intramolecular Hbond substituents is 2. The minimum Gasteiger partial charge on any atom is -0.508 e. The predicted molar refractivity (Wildman–Crippen MR) is 479 cm³/mol. The van der Waals surface area contributed by atoms with Crippen molar-refractivity contribution in [1.29, 1.82) is 0 Å². The molecule has 3 heterocycles. The average Bonchev–Trinajstić information content (AvgIpc) is 1.41. The van der Waals surface area contributed by atoms with Crippen LogP contribution in [0.15, 0.2) is 170 Å². The molecule has 9 rings (SSSR count). The van der Waals surface area contributed by atoms with Gasteiger partial charge >= 0.3 is 0 Å². The SMILES string of the molecule is CCCC[C@H]1C(=O)N(C)CC(=O)N[C@@H](CO)C(=O)N[C@@H](C)C(=O)N(C)[C@@H](Cc2ccccc2)C(=O)N[C@@H](Cc2ccc(O)cc2)C(=O)N2CCCC[C@@H]2C(=O)N[C@@H](Cc2c[nH]c3ccccc23)C(=O)N[C@@H](Cc2ccc(O)cc2)C(=O)N[C@@H](CC(C)C)C(=O)N[C@H](C(=O)NCC(N)=O)CSCC(=O)N[C@@H](Cc2ccccc2)C(=O)N(C)[C@@H](Cc2ccccc2)C(=O)N1C. The van der Waals surface area contributed by atoms with Crippen LogP contribution in [0, 0.1) is 5.92 Å². The summed E-state index contributed by atoms with van der Waals surface area (Å²) in [7, 11) is 5.40. The summed E-state index contributed by atoms with van der Waals surface area (Å²) in [5.74, 6) is -14.2. The van der Waals surface area contributed by atoms with E-state index in [1.54, 1.807) is 135 Å². The number of carbonyl (C=O) groups excluding carboxylic acids is 15. The number of aliphatic hydroxyl groups excluding tert-OH is 1. The van der Waals surface area contributed by atoms with Gasteiger partial charge in [0.05, 0.1) is 25.4 Å². The van der Waals surface area contributed by atoms with E-state index in [2.05, 4.69) is 52.8 Å². The van der Waals surface area contributed by atoms with Crippen LogP contribution >= 0.6 is 11.8 Å². The minimum atomic E-state index is -1.73. The van der Waals surface area contributed by atoms with Gasteiger partial charge in [-0.15, -0.1) is 11.8 Å². The summed E-state index contributed by atoms with van der Waals surface area (Å²) in [4.78, 5) is 232. The monoisotopic (exact) mass is 1780 g/mol. The zero-order valence-electron chi connectivity index (χ0n) is 73.3. The highest BCUT2D eigenvalue weighted by Gasteiger charge is 2.43. The molecule has 0 spiro atoms. The highest BCUT2D eigenvalue weighted by Crippen LogP contribution is 2.26. The molecule has 0 bridgehead atoms. The lowest BCUT2D eigenvalue weighted by atomic mass is 9.96. The first-order valence-electron chi connectivity index (χ1n) is 42.9. The van der Waals surface area contributed by atoms with Crippen LogP contribution in [0.2, 0.25) is 0 Å². The van der Waals surface area contributed by atoms with E-state index >= 15 is 38.4 Å². The molecule has 12 atom stereocenters. The van der Waals surface area contributed by atoms with Crippen molar-refractivity contribution in [2.75, 3.05) is 65.9 Å². The lowest BCUT2D eigenvalue weighted by Crippen LogP contribution is -2.62. The van der Waals surface area contributed by atoms with Crippen molar-refractivity contribution in [3.8, 4) is 11.5 Å². The summed E-state index contributed by atoms with van der Waals surface area (Å²) in [5.41, 5.74) is 9.33. The number of nitrogens with one attached hydrogen (secondary N) is 10. The van der Waals surface area contributed by atoms with E-state index in [0.29, 0.717) is 70.0 Å². The molecule has 128 heavy (non-hydrogen) atoms. The zero-order valence-corrected chi connectivity index (χ0v) is 74.1. The number of carbonyl (C=O) groups is 15. The van der Waals surface area contributed by atoms with Gasteiger partial charge in [0.15, 0.2) is 0 Å². The van der Waals surface area contributed by atoms with E-state index in [9.17, 15) is 48.9 Å². The first kappa shape index (κ1) is 98.6. The molecule has 2 aliphatic rings. The van der Waals surface area contributed by atoms with Gasteiger partial charge in [-0.25, -0.2) is 0 Å². The third-order valence-electron chi connectivity index (χ3n) is 22.7. The Kier molecular flexibility index (Phi) is 36.9. The fourth-order valence-corrected chi connectivity index (χ4v) is 16.4. The van der Waals surface area contributed by atoms with Gasteiger partial charge in [0.2, 0.25) is 88.6 Å². The summed E-state index contributed by atoms with van der Waals surface area (Å²) < 4.78 is 0. The molecule has 34 nitrogen and oxygen atoms in total. The van der Waals surface area contributed by atoms with Crippen molar-refractivity contribution in [1.82, 2.24) is 77.3 Å². The summed E-state index contributed by atoms with van der Waals surface area (Å²) in [6, 6.07) is 27.1. The van der Waals surface area contributed by atoms with Gasteiger partial charge in [0.1, 0.15) is 84.0 Å². The number of thioether (sulfide) groups is 1. The number of piperidine rings is 1. The zero-order chi connectivity index (χ0) is 92.8. The molecule has 35 heteroatoms. The molecule has 0 unspecified atom stereocenters. The van der Waals surface area contributed by atoms with Crippen molar-refractivity contribution in [2.45, 2.75) is 184 Å². The van der Waals surface area contributed by atoms with Crippen molar-refractivity contribution >= 4 is 111 Å². The first-order chi connectivity index (χ1) is 61.2. The van der Waals surface area contributed by atoms with Crippen molar-refractivity contribution in [2.24, 2.45) is 11.7 Å². The van der Waals surface area contributed by atoms with Gasteiger partial charge in [0.25, 0.3) is 0 Å². The standard InChI is InChI=1S/C93H118N16O18S/c1-9-10-32-76-92(126)105(5)52-80(114)99-73(53-110)86(120)97-57(4)89(123)107(7)77(47-59-26-16-12-17-27-59)88(122)103-72(46-62-36-40-65(112)41-37-62)91(125)109-42-23-22-33-75(109)87(121)102-70(49-63-50-95-67-31-21-20-30-66(63)67)85(119)101-69(44-61-34-38-64(111)39-35-61)84(118)100-68(43-56(2)3)83(117)104-74(82(116)96-51-79(94)113)54-128-55-81(115)98-71(45-58-24-14-11-15-25-58)90(124)108(8)78(93(127)106(76)6)48-60-28-18-13-19-29-60/h11-21,24-31,34-41,50,56-57,68-78,95,110-112H,9-10,22-23,32-33,42-49,51-55H2,1-8H3,(H2,94,113)(H,96,116)(H,97,120)(H,98,115)(H,99,114)(H,100,118)(H,101,119)(H,102,121)(H,103,122)(H,104,117)/t57-,68-,69-,70-,71-,72-,73-,74-,75+,76-,77-,78-/m0/s1. The molecular formula is C93H118N16O18S. The highest BCUT2D eigenvalue weighted by atomic mass is 32.2. The number of fused-ring (bicyclic) bond motifs is 2. The van der Waals surface area contributed by atoms with Gasteiger partial charge < -0.3 is 98.4 Å². The van der Waals surface area contributed by atoms with E-state index < -0.39 is 187 Å². The largest absolute Gasteiger partial charge is 0.508 e. The molecule has 1 aromatic heterocycles. The lowest BCUT2D eigenvalue weighted by molar-refractivity contribution is -0.151. The van der Waals surface area contributed by atoms with Gasteiger partial charge in [0, 0.05) is 96.1 Å². The quantitative estimate of drug-likeness (QED) is 0.0490. The number of hydrogen-bond donors (Lipinski definition) is 14. The molecule has 2 aliphatic heterocycles. The first-order valence-corrected chi connectivity index (χ1v) is 44.1. The molecule has 0 aliphatic carbocycles. The second kappa shape index (κ2) is 48.0. The predicted octanol–water partition coefficient (Wildman–Crippen LogP) is 2.13. The van der Waals surface area contributed by atoms with Crippen LogP contribution in [0.5, 0.6) is 11.5 Å². The molecule has 684 valence electrons. The molecule has 15 N–H and O–H groups in total. The number of para-hydroxylation sites is 1. The molecule has 2 saturated heterocycles. The number of amides is 15. The fraction of sp³-hybridized carbons (Fsp3) is 0.430. The molecule has 2 fully saturated rings. The number of likely N-dealkylation sites (N-methyl/N-ethyl adjacent to an activating group) is 4. The number of primary amides is 1. The molecule has 15 amide bonds. The van der Waals surface area contributed by atoms with Crippen LogP contribution in [0.25, 0.3) is 10.9 Å². The van der Waals surface area contributed by atoms with E-state index in [0.717, 1.165) is 21.6 Å². The fourth-order valence-electron chi connectivity index (χ4n) is 15.6. The number of nitrogens with two attached hydrogens (primary N) is 1. The number of phenols is 2. The Labute approximate surface area is 748 Å². The normalized spacial score (nSPS) is 23.1. The molecule has 6 aromatic carbocycles. The van der Waals surface area contributed by atoms with Gasteiger partial charge in [-0.2, -0.15) is 0 Å². The van der Waals surface area contributed by atoms with Crippen LogP contribution in [0.1, 0.15) is 106 Å². The minimum absolute atomic E-state index is 0.0348. The summed E-state index contributed by atoms with van der Waals surface area (Å²) in [6.07, 6.45) is 2.33. The van der Waals surface area contributed by atoms with Gasteiger partial charge in [-0.05, 0) is 109 Å². The number of hydrogen-bond acceptors (Lipinski definition) is 19. The third-order valence-corrected chi connectivity index (χ3v) is 23.7. The van der Waals surface area contributed by atoms with Crippen molar-refractivity contribution in [3.05, 3.63) is 203 Å². The van der Waals surface area contributed by atoms with Crippen molar-refractivity contribution in [3.63, 3.8) is 0 Å². The maximum absolute atomic E-state index is 15.8. The van der Waals surface area contributed by atoms with Crippen LogP contribution in [0.3, 0.4) is 0 Å². The van der Waals surface area contributed by atoms with Gasteiger partial charge in [-0.3, -0.25) is 71.9 Å². The Hall–Kier alpha value is -13.2. The van der Waals surface area contributed by atoms with E-state index in [-0.39, 0.29) is 87.5 Å². The smallest absolute Gasteiger partial charge is 0.246 e. The Morgan fingerprint density at radius 2 is 0.977 bits per heavy atom. The van der Waals surface area contributed by atoms with Crippen LogP contribution in [-0.4, -0.2) is 272 Å². The Bertz CT molecular complexity index is 5010. The summed E-state index contributed by atoms with van der Waals surface area (Å²) in [5, 5.41) is 56.6. The lowest BCUT2D eigenvalue weighted by Gasteiger charge is -2.38. The Balaban J connectivity index is 1.11. The van der Waals surface area contributed by atoms with E-state index in [4.69, 9.17) is 5.73 Å². The van der Waals surface area contributed by atoms with E-state index in [1.165, 1.54) is 98.3 Å². The number of aromatic hydroxyl groups is 2. The Morgan fingerprint density at radius 1 is 0.492 bits per heavy atom. The number of aromatic amines is 1. The maximum Gasteiger partial charge on any atom is 0.246 e. The van der Waals surface area contributed by atoms with Crippen LogP contribution in [0.4, 0.5) is 0 Å². The Morgan fingerprint density at radius 3 is 1.55 bits per heavy atom. The maximum atomic E-state index is 15.8. The summed E-state index contributed by atoms with van der Waals surface area (Å²) in [6.45, 7) is 4.26. The molecule has 0 saturated carbocycles. The van der Waals surface area contributed by atoms with Gasteiger partial charge in [-0.1, -0.05) is 167 Å². The third kappa shape index (κ3) is 28.4. The number of benzene rings is 6. The van der Waals surface area contributed by atoms with Crippen LogP contribution < -0.4 is 53.6 Å². The number of aromatic nitrogens is 1. The molecular weight excluding hydrogens is 1660 g/mol. The second-order valence-corrected chi connectivity index (χ2v) is 34.0. The van der Waals surface area contributed by atoms with Crippen LogP contribution in [-0.2, 0) is 110 Å².